The van der Waals surface area contributed by atoms with Crippen molar-refractivity contribution in [1.29, 1.82) is 0 Å². The maximum atomic E-state index is 4.79. The molecular formula is C15H18N4S2. The molecule has 1 saturated heterocycles. The highest BCUT2D eigenvalue weighted by molar-refractivity contribution is 7.99. The molecule has 0 unspecified atom stereocenters. The van der Waals surface area contributed by atoms with Gasteiger partial charge < -0.3 is 9.47 Å². The molecule has 1 aromatic heterocycles. The van der Waals surface area contributed by atoms with E-state index in [0.29, 0.717) is 0 Å². The second-order valence-corrected chi connectivity index (χ2v) is 6.85. The van der Waals surface area contributed by atoms with Crippen LogP contribution in [-0.2, 0) is 7.05 Å². The zero-order chi connectivity index (χ0) is 14.5. The highest BCUT2D eigenvalue weighted by Gasteiger charge is 2.15. The third-order valence-corrected chi connectivity index (χ3v) is 5.02. The van der Waals surface area contributed by atoms with Crippen LogP contribution in [-0.4, -0.2) is 40.0 Å². The molecule has 1 aromatic carbocycles. The topological polar surface area (TPSA) is 32.9 Å². The number of aromatic nitrogens is 1. The van der Waals surface area contributed by atoms with E-state index in [-0.39, 0.29) is 0 Å². The summed E-state index contributed by atoms with van der Waals surface area (Å²) in [7, 11) is 2.02. The summed E-state index contributed by atoms with van der Waals surface area (Å²) in [5.74, 6) is 3.10. The Bertz CT molecular complexity index is 666. The van der Waals surface area contributed by atoms with E-state index < -0.39 is 0 Å². The smallest absolute Gasteiger partial charge is 0.228 e. The Balaban J connectivity index is 1.99. The van der Waals surface area contributed by atoms with Crippen molar-refractivity contribution in [2.24, 2.45) is 17.0 Å². The molecule has 1 aliphatic rings. The highest BCUT2D eigenvalue weighted by Crippen LogP contribution is 2.15. The monoisotopic (exact) mass is 318 g/mol. The van der Waals surface area contributed by atoms with Gasteiger partial charge in [0.05, 0.1) is 5.69 Å². The van der Waals surface area contributed by atoms with E-state index in [2.05, 4.69) is 4.90 Å². The lowest BCUT2D eigenvalue weighted by Gasteiger charge is -2.27. The Morgan fingerprint density at radius 2 is 1.90 bits per heavy atom. The molecule has 0 atom stereocenters. The van der Waals surface area contributed by atoms with E-state index in [4.69, 9.17) is 9.98 Å². The lowest BCUT2D eigenvalue weighted by molar-refractivity contribution is 0.457. The van der Waals surface area contributed by atoms with Crippen LogP contribution in [0.25, 0.3) is 0 Å². The van der Waals surface area contributed by atoms with Gasteiger partial charge in [-0.25, -0.2) is 4.99 Å². The number of hydrogen-bond acceptors (Lipinski definition) is 3. The molecule has 0 amide bonds. The van der Waals surface area contributed by atoms with Crippen molar-refractivity contribution in [3.05, 3.63) is 46.7 Å². The third kappa shape index (κ3) is 3.77. The molecule has 0 saturated carbocycles. The van der Waals surface area contributed by atoms with Crippen LogP contribution in [0.5, 0.6) is 0 Å². The van der Waals surface area contributed by atoms with Gasteiger partial charge in [0.25, 0.3) is 0 Å². The van der Waals surface area contributed by atoms with E-state index >= 15 is 0 Å². The Morgan fingerprint density at radius 3 is 2.57 bits per heavy atom. The average Bonchev–Trinajstić information content (AvgIpc) is 2.94. The molecule has 0 N–H and O–H groups in total. The standard InChI is InChI=1S/C15H18N4S2/c1-18-7-12-21-15(18)17-14(19-8-10-20-11-9-19)16-13-5-3-2-4-6-13/h2-7,12H,8-11H2,1H3. The maximum absolute atomic E-state index is 4.79. The van der Waals surface area contributed by atoms with Crippen molar-refractivity contribution in [2.75, 3.05) is 24.6 Å². The van der Waals surface area contributed by atoms with E-state index in [1.165, 1.54) is 0 Å². The van der Waals surface area contributed by atoms with Crippen LogP contribution in [0.4, 0.5) is 5.69 Å². The molecule has 3 rings (SSSR count). The van der Waals surface area contributed by atoms with Gasteiger partial charge in [-0.15, -0.1) is 11.3 Å². The van der Waals surface area contributed by atoms with E-state index in [9.17, 15) is 0 Å². The minimum absolute atomic E-state index is 0.819. The van der Waals surface area contributed by atoms with Crippen LogP contribution in [0.2, 0.25) is 0 Å². The maximum Gasteiger partial charge on any atom is 0.228 e. The molecule has 1 fully saturated rings. The zero-order valence-corrected chi connectivity index (χ0v) is 13.6. The third-order valence-electron chi connectivity index (χ3n) is 3.23. The van der Waals surface area contributed by atoms with Crippen LogP contribution < -0.4 is 4.80 Å². The quantitative estimate of drug-likeness (QED) is 0.598. The van der Waals surface area contributed by atoms with Gasteiger partial charge in [0, 0.05) is 43.2 Å². The first-order valence-corrected chi connectivity index (χ1v) is 8.98. The number of thiazole rings is 1. The molecule has 0 bridgehead atoms. The van der Waals surface area contributed by atoms with Crippen molar-refractivity contribution >= 4 is 34.7 Å². The van der Waals surface area contributed by atoms with E-state index in [1.807, 2.05) is 65.3 Å². The lowest BCUT2D eigenvalue weighted by Crippen LogP contribution is -2.38. The molecule has 0 radical (unpaired) electrons. The lowest BCUT2D eigenvalue weighted by atomic mass is 10.3. The van der Waals surface area contributed by atoms with Crippen LogP contribution in [0, 0.1) is 0 Å². The van der Waals surface area contributed by atoms with Crippen molar-refractivity contribution in [1.82, 2.24) is 9.47 Å². The molecule has 6 heteroatoms. The van der Waals surface area contributed by atoms with Gasteiger partial charge in [-0.3, -0.25) is 0 Å². The molecular weight excluding hydrogens is 300 g/mol. The predicted octanol–water partition coefficient (Wildman–Crippen LogP) is 2.72. The number of guanidine groups is 1. The second-order valence-electron chi connectivity index (χ2n) is 4.76. The van der Waals surface area contributed by atoms with E-state index in [1.54, 1.807) is 11.3 Å². The summed E-state index contributed by atoms with van der Waals surface area (Å²) < 4.78 is 2.03. The summed E-state index contributed by atoms with van der Waals surface area (Å²) >= 11 is 3.63. The number of hydrogen-bond donors (Lipinski definition) is 0. The summed E-state index contributed by atoms with van der Waals surface area (Å²) in [4.78, 5) is 12.8. The van der Waals surface area contributed by atoms with Gasteiger partial charge in [-0.05, 0) is 12.1 Å². The zero-order valence-electron chi connectivity index (χ0n) is 12.0. The molecule has 1 aliphatic heterocycles. The summed E-state index contributed by atoms with van der Waals surface area (Å²) in [5, 5.41) is 2.05. The number of aryl methyl sites for hydroxylation is 1. The number of thioether (sulfide) groups is 1. The summed E-state index contributed by atoms with van der Waals surface area (Å²) in [6.07, 6.45) is 2.02. The first kappa shape index (κ1) is 14.4. The van der Waals surface area contributed by atoms with Crippen LogP contribution in [0.1, 0.15) is 0 Å². The SMILES string of the molecule is Cn1ccsc1=NC(=Nc1ccccc1)N1CCSCC1. The van der Waals surface area contributed by atoms with Gasteiger partial charge >= 0.3 is 0 Å². The molecule has 2 heterocycles. The number of para-hydroxylation sites is 1. The number of benzene rings is 1. The Labute approximate surface area is 132 Å². The van der Waals surface area contributed by atoms with E-state index in [0.717, 1.165) is 41.0 Å². The van der Waals surface area contributed by atoms with Gasteiger partial charge in [0.1, 0.15) is 0 Å². The second kappa shape index (κ2) is 6.95. The van der Waals surface area contributed by atoms with Crippen molar-refractivity contribution in [2.45, 2.75) is 0 Å². The predicted molar refractivity (Wildman–Crippen MR) is 91.3 cm³/mol. The fourth-order valence-corrected chi connectivity index (χ4v) is 3.70. The van der Waals surface area contributed by atoms with Crippen molar-refractivity contribution in [3.63, 3.8) is 0 Å². The fraction of sp³-hybridized carbons (Fsp3) is 0.333. The Hall–Kier alpha value is -1.53. The average molecular weight is 318 g/mol. The number of rotatable bonds is 1. The van der Waals surface area contributed by atoms with Gasteiger partial charge in [-0.1, -0.05) is 18.2 Å². The summed E-state index contributed by atoms with van der Waals surface area (Å²) in [5.41, 5.74) is 0.952. The number of nitrogens with zero attached hydrogens (tertiary/aromatic N) is 4. The Kier molecular flexibility index (Phi) is 4.77. The largest absolute Gasteiger partial charge is 0.339 e. The fourth-order valence-electron chi connectivity index (χ4n) is 2.07. The molecule has 4 nitrogen and oxygen atoms in total. The van der Waals surface area contributed by atoms with Crippen molar-refractivity contribution in [3.8, 4) is 0 Å². The molecule has 0 aliphatic carbocycles. The van der Waals surface area contributed by atoms with Crippen LogP contribution in [0.15, 0.2) is 51.9 Å². The Morgan fingerprint density at radius 1 is 1.14 bits per heavy atom. The number of aliphatic imine (C=N–C) groups is 1. The minimum Gasteiger partial charge on any atom is -0.339 e. The normalized spacial score (nSPS) is 17.3. The van der Waals surface area contributed by atoms with Crippen LogP contribution in [0.3, 0.4) is 0 Å². The molecule has 2 aromatic rings. The molecule has 0 spiro atoms. The summed E-state index contributed by atoms with van der Waals surface area (Å²) in [6, 6.07) is 10.1. The van der Waals surface area contributed by atoms with Crippen LogP contribution >= 0.6 is 23.1 Å². The first-order chi connectivity index (χ1) is 10.3. The van der Waals surface area contributed by atoms with Gasteiger partial charge in [0.2, 0.25) is 5.96 Å². The van der Waals surface area contributed by atoms with Crippen molar-refractivity contribution < 1.29 is 0 Å². The first-order valence-electron chi connectivity index (χ1n) is 6.94. The van der Waals surface area contributed by atoms with Gasteiger partial charge in [-0.2, -0.15) is 16.8 Å². The van der Waals surface area contributed by atoms with Gasteiger partial charge in [0.15, 0.2) is 4.80 Å². The molecule has 21 heavy (non-hydrogen) atoms. The highest BCUT2D eigenvalue weighted by atomic mass is 32.2. The molecule has 110 valence electrons. The summed E-state index contributed by atoms with van der Waals surface area (Å²) in [6.45, 7) is 2.02. The minimum atomic E-state index is 0.819.